The molecule has 166 valence electrons. The summed E-state index contributed by atoms with van der Waals surface area (Å²) in [5.74, 6) is -2.19. The first-order valence-electron chi connectivity index (χ1n) is 9.54. The van der Waals surface area contributed by atoms with Crippen molar-refractivity contribution >= 4 is 21.8 Å². The van der Waals surface area contributed by atoms with E-state index in [1.54, 1.807) is 4.72 Å². The molecule has 1 amide bonds. The summed E-state index contributed by atoms with van der Waals surface area (Å²) in [5.41, 5.74) is 0.277. The third kappa shape index (κ3) is 4.07. The molecule has 4 rings (SSSR count). The van der Waals surface area contributed by atoms with Gasteiger partial charge in [0.15, 0.2) is 5.82 Å². The number of nitrogens with zero attached hydrogens (tertiary/aromatic N) is 1. The van der Waals surface area contributed by atoms with Gasteiger partial charge in [-0.3, -0.25) is 9.53 Å². The van der Waals surface area contributed by atoms with E-state index in [0.717, 1.165) is 0 Å². The van der Waals surface area contributed by atoms with Gasteiger partial charge in [-0.25, -0.2) is 13.4 Å². The van der Waals surface area contributed by atoms with Crippen LogP contribution in [0.4, 0.5) is 23.2 Å². The Morgan fingerprint density at radius 3 is 2.57 bits per heavy atom. The van der Waals surface area contributed by atoms with E-state index in [1.165, 1.54) is 6.07 Å². The van der Waals surface area contributed by atoms with Crippen molar-refractivity contribution in [2.45, 2.75) is 51.0 Å². The Hall–Kier alpha value is -2.08. The lowest BCUT2D eigenvalue weighted by Gasteiger charge is -2.38. The van der Waals surface area contributed by atoms with Gasteiger partial charge in [-0.2, -0.15) is 8.42 Å². The number of carbonyl (C=O) groups excluding carboxylic acids is 1. The van der Waals surface area contributed by atoms with E-state index in [2.05, 4.69) is 4.74 Å². The number of halogens is 4. The summed E-state index contributed by atoms with van der Waals surface area (Å²) in [6, 6.07) is 1.32. The number of hydrogen-bond acceptors (Lipinski definition) is 5. The maximum absolute atomic E-state index is 15.2. The summed E-state index contributed by atoms with van der Waals surface area (Å²) < 4.78 is 82.3. The summed E-state index contributed by atoms with van der Waals surface area (Å²) >= 11 is 0. The molecule has 0 aromatic heterocycles. The third-order valence-corrected chi connectivity index (χ3v) is 7.34. The van der Waals surface area contributed by atoms with Crippen LogP contribution < -0.4 is 9.03 Å². The van der Waals surface area contributed by atoms with Crippen molar-refractivity contribution in [3.8, 4) is 5.75 Å². The standard InChI is InChI=1S/C18H20F4N2O5S/c19-16-13-6-9(3-10-4-12(5-10)29-18(20,21)22)1-2-11(13)7-14(25)17(16)24-8-15(26)23-30(24,27)28/h7,9-10,12,25H,1-6,8H2,(H,23,26). The maximum Gasteiger partial charge on any atom is 0.522 e. The molecule has 2 aliphatic carbocycles. The van der Waals surface area contributed by atoms with Crippen molar-refractivity contribution in [3.05, 3.63) is 23.0 Å². The van der Waals surface area contributed by atoms with E-state index in [9.17, 15) is 31.5 Å². The molecule has 2 N–H and O–H groups in total. The Bertz CT molecular complexity index is 976. The molecule has 1 aromatic carbocycles. The monoisotopic (exact) mass is 452 g/mol. The minimum Gasteiger partial charge on any atom is -0.506 e. The zero-order chi connectivity index (χ0) is 21.8. The largest absolute Gasteiger partial charge is 0.522 e. The van der Waals surface area contributed by atoms with Gasteiger partial charge >= 0.3 is 16.6 Å². The normalized spacial score (nSPS) is 28.1. The number of aryl methyl sites for hydroxylation is 1. The number of hydrogen-bond donors (Lipinski definition) is 2. The average molecular weight is 452 g/mol. The summed E-state index contributed by atoms with van der Waals surface area (Å²) in [5, 5.41) is 10.2. The molecule has 1 aromatic rings. The predicted octanol–water partition coefficient (Wildman–Crippen LogP) is 2.52. The number of phenols is 1. The number of anilines is 1. The zero-order valence-electron chi connectivity index (χ0n) is 15.7. The molecule has 12 heteroatoms. The van der Waals surface area contributed by atoms with Crippen LogP contribution in [0.1, 0.15) is 36.8 Å². The molecule has 1 saturated heterocycles. The van der Waals surface area contributed by atoms with Crippen LogP contribution in [0.15, 0.2) is 6.07 Å². The molecule has 30 heavy (non-hydrogen) atoms. The van der Waals surface area contributed by atoms with Crippen molar-refractivity contribution in [2.75, 3.05) is 10.8 Å². The predicted molar refractivity (Wildman–Crippen MR) is 96.3 cm³/mol. The molecule has 0 bridgehead atoms. The average Bonchev–Trinajstić information content (AvgIpc) is 2.84. The topological polar surface area (TPSA) is 95.9 Å². The van der Waals surface area contributed by atoms with Gasteiger partial charge in [-0.15, -0.1) is 13.2 Å². The first-order chi connectivity index (χ1) is 13.9. The number of ether oxygens (including phenoxy) is 1. The molecule has 0 radical (unpaired) electrons. The summed E-state index contributed by atoms with van der Waals surface area (Å²) in [7, 11) is -4.28. The van der Waals surface area contributed by atoms with Gasteiger partial charge < -0.3 is 5.11 Å². The lowest BCUT2D eigenvalue weighted by atomic mass is 9.72. The maximum atomic E-state index is 15.2. The van der Waals surface area contributed by atoms with Crippen LogP contribution in [0.5, 0.6) is 5.75 Å². The third-order valence-electron chi connectivity index (χ3n) is 5.96. The second kappa shape index (κ2) is 7.26. The molecule has 1 heterocycles. The number of phenolic OH excluding ortho intramolecular Hbond substituents is 1. The first-order valence-corrected chi connectivity index (χ1v) is 11.0. The first kappa shape index (κ1) is 21.2. The molecule has 2 fully saturated rings. The molecule has 1 unspecified atom stereocenters. The van der Waals surface area contributed by atoms with Crippen LogP contribution >= 0.6 is 0 Å². The fourth-order valence-corrected chi connectivity index (χ4v) is 5.78. The van der Waals surface area contributed by atoms with Gasteiger partial charge in [0.2, 0.25) is 0 Å². The van der Waals surface area contributed by atoms with E-state index in [1.807, 2.05) is 0 Å². The molecular formula is C18H20F4N2O5S. The quantitative estimate of drug-likeness (QED) is 0.685. The second-order valence-electron chi connectivity index (χ2n) is 8.10. The van der Waals surface area contributed by atoms with Gasteiger partial charge in [0, 0.05) is 0 Å². The highest BCUT2D eigenvalue weighted by Gasteiger charge is 2.42. The van der Waals surface area contributed by atoms with E-state index in [-0.39, 0.29) is 23.8 Å². The number of nitrogens with one attached hydrogen (secondary N) is 1. The van der Waals surface area contributed by atoms with Gasteiger partial charge in [-0.05, 0) is 67.6 Å². The summed E-state index contributed by atoms with van der Waals surface area (Å²) in [6.45, 7) is -0.627. The van der Waals surface area contributed by atoms with Crippen molar-refractivity contribution < 1.29 is 40.6 Å². The second-order valence-corrected chi connectivity index (χ2v) is 9.70. The number of alkyl halides is 3. The highest BCUT2D eigenvalue weighted by Crippen LogP contribution is 2.44. The Morgan fingerprint density at radius 1 is 1.27 bits per heavy atom. The number of benzene rings is 1. The van der Waals surface area contributed by atoms with Crippen LogP contribution in [0.3, 0.4) is 0 Å². The van der Waals surface area contributed by atoms with Crippen LogP contribution in [0.2, 0.25) is 0 Å². The number of amides is 1. The molecule has 1 aliphatic heterocycles. The lowest BCUT2D eigenvalue weighted by Crippen LogP contribution is -2.37. The van der Waals surface area contributed by atoms with Gasteiger partial charge in [0.25, 0.3) is 5.91 Å². The number of carbonyl (C=O) groups is 1. The minimum atomic E-state index is -4.65. The van der Waals surface area contributed by atoms with E-state index >= 15 is 4.39 Å². The fourth-order valence-electron chi connectivity index (χ4n) is 4.62. The van der Waals surface area contributed by atoms with Crippen molar-refractivity contribution in [1.82, 2.24) is 4.72 Å². The van der Waals surface area contributed by atoms with E-state index < -0.39 is 52.4 Å². The molecule has 1 atom stereocenters. The van der Waals surface area contributed by atoms with Gasteiger partial charge in [0.05, 0.1) is 6.10 Å². The Kier molecular flexibility index (Phi) is 5.12. The van der Waals surface area contributed by atoms with Crippen LogP contribution in [-0.4, -0.2) is 38.4 Å². The van der Waals surface area contributed by atoms with Crippen LogP contribution in [0, 0.1) is 17.7 Å². The highest BCUT2D eigenvalue weighted by molar-refractivity contribution is 7.92. The number of fused-ring (bicyclic) bond motifs is 1. The molecular weight excluding hydrogens is 432 g/mol. The van der Waals surface area contributed by atoms with E-state index in [4.69, 9.17) is 0 Å². The van der Waals surface area contributed by atoms with Crippen LogP contribution in [0.25, 0.3) is 0 Å². The minimum absolute atomic E-state index is 0.0242. The summed E-state index contributed by atoms with van der Waals surface area (Å²) in [4.78, 5) is 11.5. The smallest absolute Gasteiger partial charge is 0.506 e. The lowest BCUT2D eigenvalue weighted by molar-refractivity contribution is -0.354. The van der Waals surface area contributed by atoms with Gasteiger partial charge in [-0.1, -0.05) is 0 Å². The molecule has 0 spiro atoms. The number of aromatic hydroxyl groups is 1. The molecule has 3 aliphatic rings. The molecule has 1 saturated carbocycles. The van der Waals surface area contributed by atoms with Crippen molar-refractivity contribution in [1.29, 1.82) is 0 Å². The summed E-state index contributed by atoms with van der Waals surface area (Å²) in [6.07, 6.45) is -2.83. The number of rotatable bonds is 4. The zero-order valence-corrected chi connectivity index (χ0v) is 16.5. The Balaban J connectivity index is 1.48. The van der Waals surface area contributed by atoms with Gasteiger partial charge in [0.1, 0.15) is 18.0 Å². The Labute approximate surface area is 170 Å². The SMILES string of the molecule is O=C1CN(c2c(O)cc3c(c2F)CC(CC2CC(OC(F)(F)F)C2)CC3)S(=O)(=O)N1. The molecule has 7 nitrogen and oxygen atoms in total. The fraction of sp³-hybridized carbons (Fsp3) is 0.611. The Morgan fingerprint density at radius 2 is 1.97 bits per heavy atom. The van der Waals surface area contributed by atoms with E-state index in [0.29, 0.717) is 42.0 Å². The van der Waals surface area contributed by atoms with Crippen molar-refractivity contribution in [2.24, 2.45) is 11.8 Å². The highest BCUT2D eigenvalue weighted by atomic mass is 32.2. The van der Waals surface area contributed by atoms with Crippen molar-refractivity contribution in [3.63, 3.8) is 0 Å². The van der Waals surface area contributed by atoms with Crippen LogP contribution in [-0.2, 0) is 32.6 Å².